The highest BCUT2D eigenvalue weighted by molar-refractivity contribution is 5.65. The van der Waals surface area contributed by atoms with E-state index in [0.29, 0.717) is 0 Å². The number of nitrogens with zero attached hydrogens (tertiary/aromatic N) is 2. The minimum Gasteiger partial charge on any atom is -0.342 e. The van der Waals surface area contributed by atoms with Crippen molar-refractivity contribution < 1.29 is 0 Å². The molecule has 0 amide bonds. The number of likely N-dealkylation sites (tertiary alicyclic amines) is 1. The summed E-state index contributed by atoms with van der Waals surface area (Å²) in [5, 5.41) is 6.92. The largest absolute Gasteiger partial charge is 0.342 e. The van der Waals surface area contributed by atoms with Gasteiger partial charge in [-0.1, -0.05) is 63.2 Å². The van der Waals surface area contributed by atoms with Gasteiger partial charge in [-0.05, 0) is 40.7 Å². The van der Waals surface area contributed by atoms with Crippen LogP contribution in [0.5, 0.6) is 0 Å². The van der Waals surface area contributed by atoms with Crippen molar-refractivity contribution >= 4 is 12.0 Å². The van der Waals surface area contributed by atoms with Gasteiger partial charge < -0.3 is 10.6 Å². The van der Waals surface area contributed by atoms with Crippen LogP contribution in [0.15, 0.2) is 71.0 Å². The predicted octanol–water partition coefficient (Wildman–Crippen LogP) is 4.51. The Hall–Kier alpha value is -2.59. The van der Waals surface area contributed by atoms with Crippen molar-refractivity contribution in [2.75, 3.05) is 18.4 Å². The molecule has 2 N–H and O–H groups in total. The molecule has 0 spiro atoms. The molecule has 1 atom stereocenters. The van der Waals surface area contributed by atoms with E-state index in [1.54, 1.807) is 0 Å². The minimum absolute atomic E-state index is 0.173. The molecule has 2 aliphatic rings. The molecule has 4 rings (SSSR count). The van der Waals surface area contributed by atoms with Crippen LogP contribution in [0.3, 0.4) is 0 Å². The highest BCUT2D eigenvalue weighted by Crippen LogP contribution is 2.27. The normalized spacial score (nSPS) is 19.9. The van der Waals surface area contributed by atoms with Crippen molar-refractivity contribution in [3.8, 4) is 0 Å². The molecule has 2 heterocycles. The van der Waals surface area contributed by atoms with E-state index in [4.69, 9.17) is 4.99 Å². The average Bonchev–Trinajstić information content (AvgIpc) is 2.69. The molecule has 0 saturated carbocycles. The number of hydrogen-bond donors (Lipinski definition) is 2. The first-order valence-electron chi connectivity index (χ1n) is 10.1. The second kappa shape index (κ2) is 7.80. The lowest BCUT2D eigenvalue weighted by Crippen LogP contribution is -2.43. The first-order valence-corrected chi connectivity index (χ1v) is 10.1. The topological polar surface area (TPSA) is 39.7 Å². The van der Waals surface area contributed by atoms with E-state index in [1.807, 2.05) is 6.34 Å². The Bertz CT molecular complexity index is 860. The second-order valence-electron chi connectivity index (χ2n) is 8.76. The van der Waals surface area contributed by atoms with Crippen LogP contribution in [-0.4, -0.2) is 30.4 Å². The molecule has 2 aliphatic heterocycles. The summed E-state index contributed by atoms with van der Waals surface area (Å²) in [6.45, 7) is 9.75. The Balaban J connectivity index is 1.44. The third-order valence-corrected chi connectivity index (χ3v) is 5.58. The standard InChI is InChI=1S/C24H30N4/c1-24(2,3)19-9-11-20(12-10-19)27-23-21-13-14-28(16-22(21)25-17-26-23)15-18-7-5-4-6-8-18/h4-12,17,22,27H,13-16H2,1-3H3,(H,25,26). The molecule has 1 unspecified atom stereocenters. The van der Waals surface area contributed by atoms with E-state index >= 15 is 0 Å². The lowest BCUT2D eigenvalue weighted by Gasteiger charge is -2.36. The number of rotatable bonds is 4. The van der Waals surface area contributed by atoms with Crippen LogP contribution in [0, 0.1) is 0 Å². The van der Waals surface area contributed by atoms with Crippen molar-refractivity contribution in [1.29, 1.82) is 0 Å². The number of nitrogens with one attached hydrogen (secondary N) is 2. The Morgan fingerprint density at radius 1 is 1.07 bits per heavy atom. The fourth-order valence-corrected chi connectivity index (χ4v) is 3.90. The summed E-state index contributed by atoms with van der Waals surface area (Å²) in [6, 6.07) is 19.7. The van der Waals surface area contributed by atoms with E-state index in [0.717, 1.165) is 37.6 Å². The molecule has 28 heavy (non-hydrogen) atoms. The van der Waals surface area contributed by atoms with Gasteiger partial charge in [0.25, 0.3) is 0 Å². The van der Waals surface area contributed by atoms with E-state index in [9.17, 15) is 0 Å². The van der Waals surface area contributed by atoms with Crippen molar-refractivity contribution in [1.82, 2.24) is 10.2 Å². The summed E-state index contributed by atoms with van der Waals surface area (Å²) < 4.78 is 0. The van der Waals surface area contributed by atoms with Crippen LogP contribution in [0.1, 0.15) is 38.3 Å². The fraction of sp³-hybridized carbons (Fsp3) is 0.375. The monoisotopic (exact) mass is 374 g/mol. The lowest BCUT2D eigenvalue weighted by molar-refractivity contribution is 0.231. The van der Waals surface area contributed by atoms with Gasteiger partial charge in [-0.25, -0.2) is 0 Å². The fourth-order valence-electron chi connectivity index (χ4n) is 3.90. The third-order valence-electron chi connectivity index (χ3n) is 5.58. The summed E-state index contributed by atoms with van der Waals surface area (Å²) in [4.78, 5) is 7.21. The molecule has 0 bridgehead atoms. The quantitative estimate of drug-likeness (QED) is 0.827. The van der Waals surface area contributed by atoms with Gasteiger partial charge in [0.1, 0.15) is 5.82 Å². The maximum Gasteiger partial charge on any atom is 0.110 e. The van der Waals surface area contributed by atoms with Crippen LogP contribution in [0.2, 0.25) is 0 Å². The summed E-state index contributed by atoms with van der Waals surface area (Å²) in [7, 11) is 0. The highest BCUT2D eigenvalue weighted by atomic mass is 15.2. The molecule has 4 heteroatoms. The molecule has 1 saturated heterocycles. The highest BCUT2D eigenvalue weighted by Gasteiger charge is 2.28. The smallest absolute Gasteiger partial charge is 0.110 e. The zero-order valence-electron chi connectivity index (χ0n) is 17.1. The van der Waals surface area contributed by atoms with Gasteiger partial charge in [0.2, 0.25) is 0 Å². The van der Waals surface area contributed by atoms with Crippen LogP contribution in [0.4, 0.5) is 5.69 Å². The van der Waals surface area contributed by atoms with E-state index in [1.165, 1.54) is 16.7 Å². The minimum atomic E-state index is 0.173. The van der Waals surface area contributed by atoms with Crippen LogP contribution < -0.4 is 10.6 Å². The van der Waals surface area contributed by atoms with Crippen LogP contribution >= 0.6 is 0 Å². The zero-order valence-corrected chi connectivity index (χ0v) is 17.1. The first-order chi connectivity index (χ1) is 13.5. The summed E-state index contributed by atoms with van der Waals surface area (Å²) in [5.41, 5.74) is 5.38. The van der Waals surface area contributed by atoms with Gasteiger partial charge in [-0.3, -0.25) is 9.89 Å². The maximum atomic E-state index is 4.71. The Morgan fingerprint density at radius 2 is 1.82 bits per heavy atom. The van der Waals surface area contributed by atoms with Crippen molar-refractivity contribution in [3.63, 3.8) is 0 Å². The zero-order chi connectivity index (χ0) is 19.6. The number of fused-ring (bicyclic) bond motifs is 1. The first kappa shape index (κ1) is 18.8. The van der Waals surface area contributed by atoms with Gasteiger partial charge >= 0.3 is 0 Å². The number of aliphatic imine (C=N–C) groups is 1. The Kier molecular flexibility index (Phi) is 5.23. The van der Waals surface area contributed by atoms with Crippen LogP contribution in [0.25, 0.3) is 0 Å². The summed E-state index contributed by atoms with van der Waals surface area (Å²) >= 11 is 0. The van der Waals surface area contributed by atoms with Crippen molar-refractivity contribution in [3.05, 3.63) is 77.1 Å². The van der Waals surface area contributed by atoms with Gasteiger partial charge in [0.05, 0.1) is 12.4 Å². The van der Waals surface area contributed by atoms with Gasteiger partial charge in [0, 0.05) is 25.3 Å². The van der Waals surface area contributed by atoms with E-state index in [2.05, 4.69) is 90.9 Å². The molecule has 0 aromatic heterocycles. The van der Waals surface area contributed by atoms with Crippen molar-refractivity contribution in [2.24, 2.45) is 4.99 Å². The molecule has 0 radical (unpaired) electrons. The molecule has 0 aliphatic carbocycles. The maximum absolute atomic E-state index is 4.71. The molecule has 146 valence electrons. The van der Waals surface area contributed by atoms with Crippen LogP contribution in [-0.2, 0) is 12.0 Å². The molecule has 1 fully saturated rings. The Labute approximate surface area is 168 Å². The third kappa shape index (κ3) is 4.28. The average molecular weight is 375 g/mol. The van der Waals surface area contributed by atoms with E-state index in [-0.39, 0.29) is 11.5 Å². The van der Waals surface area contributed by atoms with E-state index < -0.39 is 0 Å². The lowest BCUT2D eigenvalue weighted by atomic mass is 9.87. The molecular formula is C24H30N4. The Morgan fingerprint density at radius 3 is 2.54 bits per heavy atom. The molecule has 2 aromatic rings. The number of anilines is 1. The molecular weight excluding hydrogens is 344 g/mol. The number of hydrogen-bond acceptors (Lipinski definition) is 4. The molecule has 4 nitrogen and oxygen atoms in total. The predicted molar refractivity (Wildman–Crippen MR) is 118 cm³/mol. The van der Waals surface area contributed by atoms with Gasteiger partial charge in [-0.15, -0.1) is 0 Å². The number of piperidine rings is 1. The van der Waals surface area contributed by atoms with Gasteiger partial charge in [0.15, 0.2) is 0 Å². The molecule has 2 aromatic carbocycles. The SMILES string of the molecule is CC(C)(C)c1ccc(NC2=C3CCN(Cc4ccccc4)CC3N=CN2)cc1. The number of benzene rings is 2. The second-order valence-corrected chi connectivity index (χ2v) is 8.76. The van der Waals surface area contributed by atoms with Gasteiger partial charge in [-0.2, -0.15) is 0 Å². The summed E-state index contributed by atoms with van der Waals surface area (Å²) in [6.07, 6.45) is 2.87. The summed E-state index contributed by atoms with van der Waals surface area (Å²) in [5.74, 6) is 1.10. The van der Waals surface area contributed by atoms with Crippen molar-refractivity contribution in [2.45, 2.75) is 45.2 Å².